The van der Waals surface area contributed by atoms with Crippen molar-refractivity contribution in [2.75, 3.05) is 38.0 Å². The minimum Gasteiger partial charge on any atom is -0.468 e. The molecule has 0 atom stereocenters. The normalized spacial score (nSPS) is 16.1. The molecule has 5 heteroatoms. The summed E-state index contributed by atoms with van der Waals surface area (Å²) in [5.74, 6) is 1.06. The lowest BCUT2D eigenvalue weighted by molar-refractivity contribution is -0.117. The average molecular weight is 341 g/mol. The Bertz CT molecular complexity index is 694. The second kappa shape index (κ2) is 7.85. The van der Waals surface area contributed by atoms with E-state index in [0.717, 1.165) is 55.3 Å². The zero-order valence-electron chi connectivity index (χ0n) is 15.3. The first kappa shape index (κ1) is 17.7. The minimum absolute atomic E-state index is 0.0644. The minimum atomic E-state index is 0.0644. The molecule has 2 aromatic rings. The summed E-state index contributed by atoms with van der Waals surface area (Å²) in [6, 6.07) is 8.14. The molecule has 25 heavy (non-hydrogen) atoms. The molecule has 1 N–H and O–H groups in total. The Morgan fingerprint density at radius 3 is 2.32 bits per heavy atom. The number of nitrogens with one attached hydrogen (secondary N) is 1. The molecule has 5 nitrogen and oxygen atoms in total. The van der Waals surface area contributed by atoms with Crippen LogP contribution in [0.1, 0.15) is 22.5 Å². The number of piperazine rings is 1. The lowest BCUT2D eigenvalue weighted by Crippen LogP contribution is -2.48. The third-order valence-electron chi connectivity index (χ3n) is 4.73. The third kappa shape index (κ3) is 4.71. The van der Waals surface area contributed by atoms with Crippen LogP contribution in [-0.2, 0) is 11.3 Å². The molecule has 1 saturated heterocycles. The number of hydrogen-bond acceptors (Lipinski definition) is 4. The van der Waals surface area contributed by atoms with Crippen molar-refractivity contribution in [3.63, 3.8) is 0 Å². The standard InChI is InChI=1S/C20H27N3O2/c1-15-11-16(2)20(17(3)12-15)21-19(24)14-23-8-6-22(7-9-23)13-18-5-4-10-25-18/h4-5,10-12H,6-9,13-14H2,1-3H3,(H,21,24). The number of carbonyl (C=O) groups is 1. The quantitative estimate of drug-likeness (QED) is 0.908. The van der Waals surface area contributed by atoms with Gasteiger partial charge in [0.25, 0.3) is 0 Å². The monoisotopic (exact) mass is 341 g/mol. The molecule has 3 rings (SSSR count). The van der Waals surface area contributed by atoms with E-state index in [2.05, 4.69) is 34.2 Å². The molecule has 134 valence electrons. The van der Waals surface area contributed by atoms with Gasteiger partial charge in [-0.2, -0.15) is 0 Å². The molecular weight excluding hydrogens is 314 g/mol. The SMILES string of the molecule is Cc1cc(C)c(NC(=O)CN2CCN(Cc3ccco3)CC2)c(C)c1. The fourth-order valence-electron chi connectivity index (χ4n) is 3.49. The Labute approximate surface area is 149 Å². The van der Waals surface area contributed by atoms with Crippen LogP contribution >= 0.6 is 0 Å². The summed E-state index contributed by atoms with van der Waals surface area (Å²) in [5, 5.41) is 3.09. The predicted molar refractivity (Wildman–Crippen MR) is 99.7 cm³/mol. The van der Waals surface area contributed by atoms with Gasteiger partial charge < -0.3 is 9.73 Å². The first-order valence-corrected chi connectivity index (χ1v) is 8.86. The Hall–Kier alpha value is -2.11. The average Bonchev–Trinajstić information content (AvgIpc) is 3.06. The van der Waals surface area contributed by atoms with Gasteiger partial charge in [-0.3, -0.25) is 14.6 Å². The van der Waals surface area contributed by atoms with E-state index in [9.17, 15) is 4.79 Å². The highest BCUT2D eigenvalue weighted by molar-refractivity contribution is 5.93. The molecule has 0 radical (unpaired) electrons. The summed E-state index contributed by atoms with van der Waals surface area (Å²) < 4.78 is 5.41. The molecule has 0 spiro atoms. The third-order valence-corrected chi connectivity index (χ3v) is 4.73. The van der Waals surface area contributed by atoms with Crippen molar-refractivity contribution < 1.29 is 9.21 Å². The second-order valence-corrected chi connectivity index (χ2v) is 6.95. The largest absolute Gasteiger partial charge is 0.468 e. The van der Waals surface area contributed by atoms with Gasteiger partial charge in [-0.1, -0.05) is 17.7 Å². The van der Waals surface area contributed by atoms with Crippen LogP contribution in [0.15, 0.2) is 34.9 Å². The second-order valence-electron chi connectivity index (χ2n) is 6.95. The van der Waals surface area contributed by atoms with Crippen molar-refractivity contribution >= 4 is 11.6 Å². The van der Waals surface area contributed by atoms with Crippen LogP contribution in [0.3, 0.4) is 0 Å². The van der Waals surface area contributed by atoms with Gasteiger partial charge in [0, 0.05) is 31.9 Å². The maximum Gasteiger partial charge on any atom is 0.238 e. The van der Waals surface area contributed by atoms with Gasteiger partial charge in [0.2, 0.25) is 5.91 Å². The number of amides is 1. The number of furan rings is 1. The van der Waals surface area contributed by atoms with Gasteiger partial charge in [0.1, 0.15) is 5.76 Å². The molecular formula is C20H27N3O2. The van der Waals surface area contributed by atoms with E-state index in [1.54, 1.807) is 6.26 Å². The van der Waals surface area contributed by atoms with E-state index in [1.165, 1.54) is 5.56 Å². The molecule has 1 fully saturated rings. The Morgan fingerprint density at radius 2 is 1.72 bits per heavy atom. The first-order chi connectivity index (χ1) is 12.0. The van der Waals surface area contributed by atoms with E-state index < -0.39 is 0 Å². The van der Waals surface area contributed by atoms with Gasteiger partial charge in [-0.25, -0.2) is 0 Å². The fraction of sp³-hybridized carbons (Fsp3) is 0.450. The van der Waals surface area contributed by atoms with Crippen LogP contribution in [0.2, 0.25) is 0 Å². The molecule has 0 aliphatic carbocycles. The predicted octanol–water partition coefficient (Wildman–Crippen LogP) is 2.96. The number of carbonyl (C=O) groups excluding carboxylic acids is 1. The summed E-state index contributed by atoms with van der Waals surface area (Å²) in [5.41, 5.74) is 4.41. The smallest absolute Gasteiger partial charge is 0.238 e. The van der Waals surface area contributed by atoms with Crippen LogP contribution in [0.4, 0.5) is 5.69 Å². The highest BCUT2D eigenvalue weighted by Crippen LogP contribution is 2.22. The Balaban J connectivity index is 1.48. The Kier molecular flexibility index (Phi) is 5.56. The van der Waals surface area contributed by atoms with E-state index in [-0.39, 0.29) is 5.91 Å². The maximum absolute atomic E-state index is 12.4. The van der Waals surface area contributed by atoms with Gasteiger partial charge >= 0.3 is 0 Å². The van der Waals surface area contributed by atoms with Gasteiger partial charge in [0.05, 0.1) is 19.4 Å². The van der Waals surface area contributed by atoms with Crippen molar-refractivity contribution in [3.8, 4) is 0 Å². The lowest BCUT2D eigenvalue weighted by atomic mass is 10.1. The van der Waals surface area contributed by atoms with E-state index in [4.69, 9.17) is 4.42 Å². The van der Waals surface area contributed by atoms with Crippen LogP contribution in [-0.4, -0.2) is 48.4 Å². The summed E-state index contributed by atoms with van der Waals surface area (Å²) in [4.78, 5) is 17.0. The molecule has 0 bridgehead atoms. The van der Waals surface area contributed by atoms with Gasteiger partial charge in [-0.05, 0) is 44.0 Å². The molecule has 2 heterocycles. The summed E-state index contributed by atoms with van der Waals surface area (Å²) in [6.45, 7) is 11.2. The number of hydrogen-bond donors (Lipinski definition) is 1. The van der Waals surface area contributed by atoms with Crippen molar-refractivity contribution in [2.45, 2.75) is 27.3 Å². The summed E-state index contributed by atoms with van der Waals surface area (Å²) in [6.07, 6.45) is 1.71. The van der Waals surface area contributed by atoms with Crippen molar-refractivity contribution in [2.24, 2.45) is 0 Å². The highest BCUT2D eigenvalue weighted by atomic mass is 16.3. The first-order valence-electron chi connectivity index (χ1n) is 8.86. The molecule has 0 unspecified atom stereocenters. The maximum atomic E-state index is 12.4. The fourth-order valence-corrected chi connectivity index (χ4v) is 3.49. The molecule has 1 aromatic heterocycles. The van der Waals surface area contributed by atoms with E-state index >= 15 is 0 Å². The number of anilines is 1. The topological polar surface area (TPSA) is 48.7 Å². The van der Waals surface area contributed by atoms with Crippen molar-refractivity contribution in [1.82, 2.24) is 9.80 Å². The number of rotatable bonds is 5. The van der Waals surface area contributed by atoms with Crippen LogP contribution < -0.4 is 5.32 Å². The van der Waals surface area contributed by atoms with E-state index in [0.29, 0.717) is 6.54 Å². The zero-order valence-corrected chi connectivity index (χ0v) is 15.3. The highest BCUT2D eigenvalue weighted by Gasteiger charge is 2.20. The molecule has 1 aliphatic heterocycles. The lowest BCUT2D eigenvalue weighted by Gasteiger charge is -2.33. The zero-order chi connectivity index (χ0) is 17.8. The summed E-state index contributed by atoms with van der Waals surface area (Å²) >= 11 is 0. The van der Waals surface area contributed by atoms with E-state index in [1.807, 2.05) is 26.0 Å². The number of nitrogens with zero attached hydrogens (tertiary/aromatic N) is 2. The molecule has 1 aromatic carbocycles. The number of aryl methyl sites for hydroxylation is 3. The van der Waals surface area contributed by atoms with Crippen molar-refractivity contribution in [1.29, 1.82) is 0 Å². The number of benzene rings is 1. The van der Waals surface area contributed by atoms with Crippen LogP contribution in [0.25, 0.3) is 0 Å². The molecule has 0 saturated carbocycles. The molecule has 1 aliphatic rings. The van der Waals surface area contributed by atoms with Crippen LogP contribution in [0.5, 0.6) is 0 Å². The van der Waals surface area contributed by atoms with Crippen LogP contribution in [0, 0.1) is 20.8 Å². The van der Waals surface area contributed by atoms with Gasteiger partial charge in [-0.15, -0.1) is 0 Å². The summed E-state index contributed by atoms with van der Waals surface area (Å²) in [7, 11) is 0. The van der Waals surface area contributed by atoms with Gasteiger partial charge in [0.15, 0.2) is 0 Å². The van der Waals surface area contributed by atoms with Crippen molar-refractivity contribution in [3.05, 3.63) is 53.0 Å². The Morgan fingerprint density at radius 1 is 1.08 bits per heavy atom. The molecule has 1 amide bonds.